The minimum Gasteiger partial charge on any atom is -0.301 e. The van der Waals surface area contributed by atoms with Gasteiger partial charge < -0.3 is 5.32 Å². The fourth-order valence-corrected chi connectivity index (χ4v) is 2.69. The van der Waals surface area contributed by atoms with Crippen LogP contribution in [0.2, 0.25) is 0 Å². The highest BCUT2D eigenvalue weighted by Gasteiger charge is 2.16. The summed E-state index contributed by atoms with van der Waals surface area (Å²) in [5.74, 6) is -2.50. The number of benzene rings is 1. The summed E-state index contributed by atoms with van der Waals surface area (Å²) in [5.41, 5.74) is 0.745. The van der Waals surface area contributed by atoms with Gasteiger partial charge in [0.1, 0.15) is 0 Å². The number of nitrogens with zero attached hydrogens (tertiary/aromatic N) is 2. The molecule has 0 fully saturated rings. The molecule has 1 amide bonds. The molecule has 1 aromatic carbocycles. The van der Waals surface area contributed by atoms with E-state index >= 15 is 0 Å². The summed E-state index contributed by atoms with van der Waals surface area (Å²) in [4.78, 5) is 15.8. The van der Waals surface area contributed by atoms with Gasteiger partial charge in [-0.2, -0.15) is 4.31 Å². The minimum atomic E-state index is -3.46. The van der Waals surface area contributed by atoms with E-state index in [-0.39, 0.29) is 11.7 Å². The first-order valence-corrected chi connectivity index (χ1v) is 9.01. The van der Waals surface area contributed by atoms with E-state index < -0.39 is 27.6 Å². The molecule has 0 spiro atoms. The maximum Gasteiger partial charge on any atom is 0.241 e. The lowest BCUT2D eigenvalue weighted by Crippen LogP contribution is -2.34. The van der Waals surface area contributed by atoms with E-state index in [0.29, 0.717) is 11.3 Å². The van der Waals surface area contributed by atoms with Gasteiger partial charge in [0.05, 0.1) is 18.5 Å². The Morgan fingerprint density at radius 2 is 2.04 bits per heavy atom. The first kappa shape index (κ1) is 17.4. The van der Waals surface area contributed by atoms with Gasteiger partial charge in [-0.05, 0) is 18.2 Å². The molecule has 0 atom stereocenters. The van der Waals surface area contributed by atoms with E-state index in [1.807, 2.05) is 0 Å². The van der Waals surface area contributed by atoms with Crippen LogP contribution in [0.25, 0.3) is 11.3 Å². The van der Waals surface area contributed by atoms with Gasteiger partial charge in [-0.3, -0.25) is 4.79 Å². The van der Waals surface area contributed by atoms with Gasteiger partial charge in [0.25, 0.3) is 0 Å². The van der Waals surface area contributed by atoms with Gasteiger partial charge in [-0.25, -0.2) is 22.2 Å². The van der Waals surface area contributed by atoms with Crippen LogP contribution in [0.4, 0.5) is 13.9 Å². The zero-order valence-corrected chi connectivity index (χ0v) is 13.8. The molecule has 6 nitrogen and oxygen atoms in total. The lowest BCUT2D eigenvalue weighted by Gasteiger charge is -2.12. The maximum atomic E-state index is 13.2. The number of hydrogen-bond donors (Lipinski definition) is 1. The average Bonchev–Trinajstić information content (AvgIpc) is 2.89. The van der Waals surface area contributed by atoms with Crippen LogP contribution >= 0.6 is 11.3 Å². The molecule has 0 aliphatic heterocycles. The lowest BCUT2D eigenvalue weighted by atomic mass is 10.2. The minimum absolute atomic E-state index is 0.233. The highest BCUT2D eigenvalue weighted by Crippen LogP contribution is 2.26. The molecule has 2 aromatic rings. The molecule has 1 heterocycles. The van der Waals surface area contributed by atoms with Gasteiger partial charge in [-0.15, -0.1) is 11.3 Å². The number of nitrogens with one attached hydrogen (secondary N) is 1. The van der Waals surface area contributed by atoms with Crippen molar-refractivity contribution in [2.24, 2.45) is 0 Å². The number of aromatic nitrogens is 1. The number of anilines is 1. The fourth-order valence-electron chi connectivity index (χ4n) is 1.60. The molecular weight excluding hydrogens is 348 g/mol. The summed E-state index contributed by atoms with van der Waals surface area (Å²) in [5, 5.41) is 4.26. The summed E-state index contributed by atoms with van der Waals surface area (Å²) in [6.07, 6.45) is 0.991. The Bertz CT molecular complexity index is 837. The van der Waals surface area contributed by atoms with Crippen molar-refractivity contribution in [1.29, 1.82) is 0 Å². The molecule has 10 heteroatoms. The van der Waals surface area contributed by atoms with E-state index in [1.54, 1.807) is 5.38 Å². The number of rotatable bonds is 5. The second-order valence-corrected chi connectivity index (χ2v) is 7.68. The standard InChI is InChI=1S/C13H13F2N3O3S2/c1-18(23(2,20)21)6-12(19)17-13-16-11(7-22-13)8-3-4-9(14)10(15)5-8/h3-5,7H,6H2,1-2H3,(H,16,17,19). The smallest absolute Gasteiger partial charge is 0.241 e. The van der Waals surface area contributed by atoms with Crippen LogP contribution in [0, 0.1) is 11.6 Å². The first-order chi connectivity index (χ1) is 10.7. The summed E-state index contributed by atoms with van der Waals surface area (Å²) in [6.45, 7) is -0.348. The molecule has 124 valence electrons. The Morgan fingerprint density at radius 1 is 1.35 bits per heavy atom. The third-order valence-electron chi connectivity index (χ3n) is 2.90. The molecule has 1 N–H and O–H groups in total. The Balaban J connectivity index is 2.07. The first-order valence-electron chi connectivity index (χ1n) is 6.29. The molecule has 0 unspecified atom stereocenters. The predicted octanol–water partition coefficient (Wildman–Crippen LogP) is 1.92. The number of halogens is 2. The van der Waals surface area contributed by atoms with Crippen molar-refractivity contribution < 1.29 is 22.0 Å². The van der Waals surface area contributed by atoms with Gasteiger partial charge in [-0.1, -0.05) is 0 Å². The Morgan fingerprint density at radius 3 is 2.65 bits per heavy atom. The summed E-state index contributed by atoms with van der Waals surface area (Å²) in [7, 11) is -2.18. The van der Waals surface area contributed by atoms with Crippen molar-refractivity contribution in [1.82, 2.24) is 9.29 Å². The number of carbonyl (C=O) groups is 1. The van der Waals surface area contributed by atoms with E-state index in [2.05, 4.69) is 10.3 Å². The third kappa shape index (κ3) is 4.53. The Labute approximate surface area is 135 Å². The molecular formula is C13H13F2N3O3S2. The zero-order chi connectivity index (χ0) is 17.2. The second-order valence-electron chi connectivity index (χ2n) is 4.73. The van der Waals surface area contributed by atoms with Crippen LogP contribution in [-0.2, 0) is 14.8 Å². The van der Waals surface area contributed by atoms with Gasteiger partial charge in [0, 0.05) is 18.0 Å². The SMILES string of the molecule is CN(CC(=O)Nc1nc(-c2ccc(F)c(F)c2)cs1)S(C)(=O)=O. The molecule has 0 aliphatic carbocycles. The Hall–Kier alpha value is -1.91. The van der Waals surface area contributed by atoms with E-state index in [1.165, 1.54) is 13.1 Å². The predicted molar refractivity (Wildman–Crippen MR) is 83.6 cm³/mol. The quantitative estimate of drug-likeness (QED) is 0.882. The number of hydrogen-bond acceptors (Lipinski definition) is 5. The van der Waals surface area contributed by atoms with Gasteiger partial charge >= 0.3 is 0 Å². The zero-order valence-electron chi connectivity index (χ0n) is 12.2. The summed E-state index contributed by atoms with van der Waals surface area (Å²) in [6, 6.07) is 3.37. The van der Waals surface area contributed by atoms with E-state index in [0.717, 1.165) is 34.0 Å². The van der Waals surface area contributed by atoms with Crippen LogP contribution in [0.3, 0.4) is 0 Å². The number of sulfonamides is 1. The molecule has 1 aromatic heterocycles. The monoisotopic (exact) mass is 361 g/mol. The van der Waals surface area contributed by atoms with Crippen molar-refractivity contribution in [2.75, 3.05) is 25.2 Å². The average molecular weight is 361 g/mol. The van der Waals surface area contributed by atoms with Crippen molar-refractivity contribution >= 4 is 32.4 Å². The summed E-state index contributed by atoms with van der Waals surface area (Å²) < 4.78 is 49.5. The van der Waals surface area contributed by atoms with Gasteiger partial charge in [0.2, 0.25) is 15.9 Å². The van der Waals surface area contributed by atoms with Crippen molar-refractivity contribution in [2.45, 2.75) is 0 Å². The van der Waals surface area contributed by atoms with E-state index in [9.17, 15) is 22.0 Å². The van der Waals surface area contributed by atoms with Crippen LogP contribution in [0.5, 0.6) is 0 Å². The molecule has 0 aliphatic rings. The molecule has 0 saturated heterocycles. The number of carbonyl (C=O) groups excluding carboxylic acids is 1. The highest BCUT2D eigenvalue weighted by atomic mass is 32.2. The molecule has 2 rings (SSSR count). The number of thiazole rings is 1. The molecule has 0 bridgehead atoms. The maximum absolute atomic E-state index is 13.2. The van der Waals surface area contributed by atoms with Crippen molar-refractivity contribution in [3.8, 4) is 11.3 Å². The molecule has 0 radical (unpaired) electrons. The third-order valence-corrected chi connectivity index (χ3v) is 4.92. The van der Waals surface area contributed by atoms with E-state index in [4.69, 9.17) is 0 Å². The molecule has 0 saturated carbocycles. The highest BCUT2D eigenvalue weighted by molar-refractivity contribution is 7.88. The van der Waals surface area contributed by atoms with Crippen LogP contribution < -0.4 is 5.32 Å². The van der Waals surface area contributed by atoms with Crippen LogP contribution in [-0.4, -0.2) is 43.5 Å². The normalized spacial score (nSPS) is 11.7. The van der Waals surface area contributed by atoms with Crippen molar-refractivity contribution in [3.05, 3.63) is 35.2 Å². The lowest BCUT2D eigenvalue weighted by molar-refractivity contribution is -0.116. The molecule has 23 heavy (non-hydrogen) atoms. The van der Waals surface area contributed by atoms with Gasteiger partial charge in [0.15, 0.2) is 16.8 Å². The van der Waals surface area contributed by atoms with Crippen LogP contribution in [0.1, 0.15) is 0 Å². The topological polar surface area (TPSA) is 79.4 Å². The number of likely N-dealkylation sites (N-methyl/N-ethyl adjacent to an activating group) is 1. The summed E-state index contributed by atoms with van der Waals surface area (Å²) >= 11 is 1.09. The fraction of sp³-hybridized carbons (Fsp3) is 0.231. The van der Waals surface area contributed by atoms with Crippen LogP contribution in [0.15, 0.2) is 23.6 Å². The number of amides is 1. The Kier molecular flexibility index (Phi) is 5.07. The van der Waals surface area contributed by atoms with Crippen molar-refractivity contribution in [3.63, 3.8) is 0 Å². The largest absolute Gasteiger partial charge is 0.301 e. The second kappa shape index (κ2) is 6.69.